The van der Waals surface area contributed by atoms with E-state index in [-0.39, 0.29) is 6.10 Å². The first-order valence-corrected chi connectivity index (χ1v) is 6.62. The molecule has 0 aliphatic heterocycles. The summed E-state index contributed by atoms with van der Waals surface area (Å²) in [5.41, 5.74) is 4.11. The third-order valence-electron chi connectivity index (χ3n) is 3.97. The van der Waals surface area contributed by atoms with Gasteiger partial charge >= 0.3 is 0 Å². The van der Waals surface area contributed by atoms with Crippen molar-refractivity contribution in [3.05, 3.63) is 34.9 Å². The van der Waals surface area contributed by atoms with Crippen LogP contribution in [0.1, 0.15) is 36.0 Å². The Bertz CT molecular complexity index is 355. The number of hydrogen-bond donors (Lipinski definition) is 2. The Kier molecular flexibility index (Phi) is 4.19. The summed E-state index contributed by atoms with van der Waals surface area (Å²) < 4.78 is 0. The fourth-order valence-corrected chi connectivity index (χ4v) is 2.77. The van der Waals surface area contributed by atoms with E-state index >= 15 is 0 Å². The Morgan fingerprint density at radius 1 is 1.24 bits per heavy atom. The number of aryl methyl sites for hydroxylation is 2. The molecule has 0 saturated heterocycles. The van der Waals surface area contributed by atoms with Gasteiger partial charge in [-0.2, -0.15) is 0 Å². The van der Waals surface area contributed by atoms with Crippen LogP contribution in [0, 0.1) is 19.8 Å². The predicted molar refractivity (Wildman–Crippen MR) is 71.0 cm³/mol. The van der Waals surface area contributed by atoms with Crippen LogP contribution in [0.25, 0.3) is 0 Å². The third-order valence-corrected chi connectivity index (χ3v) is 3.97. The molecule has 2 nitrogen and oxygen atoms in total. The van der Waals surface area contributed by atoms with Crippen molar-refractivity contribution in [3.8, 4) is 0 Å². The lowest BCUT2D eigenvalue weighted by Gasteiger charge is -2.16. The van der Waals surface area contributed by atoms with Gasteiger partial charge in [0.1, 0.15) is 0 Å². The summed E-state index contributed by atoms with van der Waals surface area (Å²) in [7, 11) is 0. The van der Waals surface area contributed by atoms with Crippen LogP contribution in [0.3, 0.4) is 0 Å². The van der Waals surface area contributed by atoms with Crippen molar-refractivity contribution in [1.29, 1.82) is 0 Å². The van der Waals surface area contributed by atoms with Crippen molar-refractivity contribution < 1.29 is 5.11 Å². The largest absolute Gasteiger partial charge is 0.393 e. The molecular formula is C15H23NO. The van der Waals surface area contributed by atoms with Gasteiger partial charge in [0, 0.05) is 13.1 Å². The number of aliphatic hydroxyl groups is 1. The van der Waals surface area contributed by atoms with E-state index in [9.17, 15) is 5.11 Å². The van der Waals surface area contributed by atoms with Gasteiger partial charge in [-0.1, -0.05) is 24.6 Å². The van der Waals surface area contributed by atoms with E-state index in [0.29, 0.717) is 5.92 Å². The molecule has 0 heterocycles. The van der Waals surface area contributed by atoms with Gasteiger partial charge in [-0.25, -0.2) is 0 Å². The minimum atomic E-state index is -0.0829. The highest BCUT2D eigenvalue weighted by molar-refractivity contribution is 5.33. The number of benzene rings is 1. The molecule has 1 fully saturated rings. The maximum atomic E-state index is 9.76. The van der Waals surface area contributed by atoms with E-state index in [1.165, 1.54) is 29.5 Å². The molecule has 0 amide bonds. The van der Waals surface area contributed by atoms with E-state index in [1.54, 1.807) is 0 Å². The van der Waals surface area contributed by atoms with E-state index < -0.39 is 0 Å². The predicted octanol–water partition coefficient (Wildman–Crippen LogP) is 2.55. The van der Waals surface area contributed by atoms with E-state index in [1.807, 2.05) is 0 Å². The van der Waals surface area contributed by atoms with Crippen molar-refractivity contribution in [1.82, 2.24) is 5.32 Å². The molecule has 0 radical (unpaired) electrons. The summed E-state index contributed by atoms with van der Waals surface area (Å²) in [5.74, 6) is 0.458. The van der Waals surface area contributed by atoms with Gasteiger partial charge in [-0.05, 0) is 49.3 Å². The highest BCUT2D eigenvalue weighted by Gasteiger charge is 2.24. The zero-order valence-corrected chi connectivity index (χ0v) is 10.9. The Balaban J connectivity index is 1.86. The maximum Gasteiger partial charge on any atom is 0.0580 e. The third kappa shape index (κ3) is 3.08. The Hall–Kier alpha value is -0.860. The lowest BCUT2D eigenvalue weighted by Crippen LogP contribution is -2.27. The topological polar surface area (TPSA) is 32.3 Å². The molecule has 1 aromatic carbocycles. The molecule has 2 atom stereocenters. The summed E-state index contributed by atoms with van der Waals surface area (Å²) in [6.45, 7) is 6.18. The molecule has 17 heavy (non-hydrogen) atoms. The summed E-state index contributed by atoms with van der Waals surface area (Å²) in [4.78, 5) is 0. The van der Waals surface area contributed by atoms with Crippen LogP contribution in [0.2, 0.25) is 0 Å². The highest BCUT2D eigenvalue weighted by Crippen LogP contribution is 2.24. The first kappa shape index (κ1) is 12.6. The van der Waals surface area contributed by atoms with E-state index in [2.05, 4.69) is 37.4 Å². The molecule has 2 heteroatoms. The van der Waals surface area contributed by atoms with Gasteiger partial charge in [-0.3, -0.25) is 0 Å². The molecule has 0 aromatic heterocycles. The molecule has 1 aliphatic rings. The number of rotatable bonds is 4. The average molecular weight is 233 g/mol. The normalized spacial score (nSPS) is 24.2. The zero-order chi connectivity index (χ0) is 12.3. The number of aliphatic hydroxyl groups excluding tert-OH is 1. The lowest BCUT2D eigenvalue weighted by molar-refractivity contribution is 0.131. The van der Waals surface area contributed by atoms with Crippen LogP contribution in [0.15, 0.2) is 18.2 Å². The van der Waals surface area contributed by atoms with Gasteiger partial charge in [0.25, 0.3) is 0 Å². The summed E-state index contributed by atoms with van der Waals surface area (Å²) in [6.07, 6.45) is 3.24. The van der Waals surface area contributed by atoms with Crippen LogP contribution < -0.4 is 5.32 Å². The van der Waals surface area contributed by atoms with E-state index in [4.69, 9.17) is 0 Å². The molecule has 0 bridgehead atoms. The van der Waals surface area contributed by atoms with Gasteiger partial charge in [0.15, 0.2) is 0 Å². The minimum absolute atomic E-state index is 0.0829. The molecular weight excluding hydrogens is 210 g/mol. The van der Waals surface area contributed by atoms with Crippen LogP contribution in [0.4, 0.5) is 0 Å². The first-order chi connectivity index (χ1) is 8.18. The van der Waals surface area contributed by atoms with Gasteiger partial charge in [-0.15, -0.1) is 0 Å². The summed E-state index contributed by atoms with van der Waals surface area (Å²) in [6, 6.07) is 6.43. The van der Waals surface area contributed by atoms with Crippen molar-refractivity contribution in [3.63, 3.8) is 0 Å². The van der Waals surface area contributed by atoms with Gasteiger partial charge in [0.05, 0.1) is 6.10 Å². The molecule has 94 valence electrons. The molecule has 2 unspecified atom stereocenters. The molecule has 2 N–H and O–H groups in total. The fourth-order valence-electron chi connectivity index (χ4n) is 2.77. The summed E-state index contributed by atoms with van der Waals surface area (Å²) in [5, 5.41) is 13.3. The molecule has 2 rings (SSSR count). The maximum absolute atomic E-state index is 9.76. The van der Waals surface area contributed by atoms with Crippen LogP contribution in [-0.4, -0.2) is 17.8 Å². The smallest absolute Gasteiger partial charge is 0.0580 e. The lowest BCUT2D eigenvalue weighted by atomic mass is 10.0. The fraction of sp³-hybridized carbons (Fsp3) is 0.600. The second-order valence-corrected chi connectivity index (χ2v) is 5.26. The number of nitrogens with one attached hydrogen (secondary N) is 1. The van der Waals surface area contributed by atoms with Gasteiger partial charge in [0.2, 0.25) is 0 Å². The Morgan fingerprint density at radius 2 is 1.94 bits per heavy atom. The van der Waals surface area contributed by atoms with Crippen LogP contribution in [-0.2, 0) is 6.54 Å². The average Bonchev–Trinajstić information content (AvgIpc) is 2.69. The Labute approximate surface area is 104 Å². The standard InChI is InChI=1S/C15H23NO/c1-11-5-3-6-12(2)14(11)10-16-9-13-7-4-8-15(13)17/h3,5-6,13,15-17H,4,7-10H2,1-2H3. The van der Waals surface area contributed by atoms with Crippen molar-refractivity contribution >= 4 is 0 Å². The SMILES string of the molecule is Cc1cccc(C)c1CNCC1CCCC1O. The Morgan fingerprint density at radius 3 is 2.53 bits per heavy atom. The van der Waals surface area contributed by atoms with Crippen molar-refractivity contribution in [2.24, 2.45) is 5.92 Å². The molecule has 1 saturated carbocycles. The second kappa shape index (κ2) is 5.65. The van der Waals surface area contributed by atoms with Gasteiger partial charge < -0.3 is 10.4 Å². The number of hydrogen-bond acceptors (Lipinski definition) is 2. The molecule has 1 aliphatic carbocycles. The van der Waals surface area contributed by atoms with Crippen LogP contribution in [0.5, 0.6) is 0 Å². The molecule has 0 spiro atoms. The van der Waals surface area contributed by atoms with E-state index in [0.717, 1.165) is 19.5 Å². The van der Waals surface area contributed by atoms with Crippen molar-refractivity contribution in [2.45, 2.75) is 45.8 Å². The second-order valence-electron chi connectivity index (χ2n) is 5.26. The minimum Gasteiger partial charge on any atom is -0.393 e. The zero-order valence-electron chi connectivity index (χ0n) is 10.9. The van der Waals surface area contributed by atoms with Crippen molar-refractivity contribution in [2.75, 3.05) is 6.54 Å². The quantitative estimate of drug-likeness (QED) is 0.837. The first-order valence-electron chi connectivity index (χ1n) is 6.62. The highest BCUT2D eigenvalue weighted by atomic mass is 16.3. The monoisotopic (exact) mass is 233 g/mol. The summed E-state index contributed by atoms with van der Waals surface area (Å²) >= 11 is 0. The van der Waals surface area contributed by atoms with Crippen LogP contribution >= 0.6 is 0 Å². The molecule has 1 aromatic rings.